The molecular formula is C12H25N3O. The third-order valence-corrected chi connectivity index (χ3v) is 3.35. The molecule has 4 nitrogen and oxygen atoms in total. The van der Waals surface area contributed by atoms with Gasteiger partial charge in [0.2, 0.25) is 0 Å². The van der Waals surface area contributed by atoms with Crippen LogP contribution in [0.1, 0.15) is 27.7 Å². The molecule has 1 atom stereocenters. The van der Waals surface area contributed by atoms with Gasteiger partial charge in [-0.1, -0.05) is 27.7 Å². The van der Waals surface area contributed by atoms with Crippen molar-refractivity contribution in [2.75, 3.05) is 26.8 Å². The zero-order valence-corrected chi connectivity index (χ0v) is 11.2. The molecule has 1 aliphatic heterocycles. The van der Waals surface area contributed by atoms with Crippen molar-refractivity contribution in [2.45, 2.75) is 33.2 Å². The maximum atomic E-state index is 5.99. The van der Waals surface area contributed by atoms with Crippen LogP contribution in [0, 0.1) is 11.8 Å². The van der Waals surface area contributed by atoms with Crippen LogP contribution in [-0.2, 0) is 4.74 Å². The highest BCUT2D eigenvalue weighted by Gasteiger charge is 2.44. The highest BCUT2D eigenvalue weighted by molar-refractivity contribution is 5.81. The summed E-state index contributed by atoms with van der Waals surface area (Å²) in [4.78, 5) is 6.63. The van der Waals surface area contributed by atoms with E-state index in [1.54, 1.807) is 7.11 Å². The Labute approximate surface area is 98.9 Å². The molecule has 4 heteroatoms. The van der Waals surface area contributed by atoms with E-state index < -0.39 is 0 Å². The fraction of sp³-hybridized carbons (Fsp3) is 0.917. The normalized spacial score (nSPS) is 25.7. The average molecular weight is 227 g/mol. The Bertz CT molecular complexity index is 263. The van der Waals surface area contributed by atoms with Crippen LogP contribution in [0.5, 0.6) is 0 Å². The molecule has 0 saturated carbocycles. The third-order valence-electron chi connectivity index (χ3n) is 3.35. The van der Waals surface area contributed by atoms with Crippen molar-refractivity contribution in [3.05, 3.63) is 0 Å². The van der Waals surface area contributed by atoms with Crippen LogP contribution >= 0.6 is 0 Å². The number of guanidine groups is 1. The molecule has 1 aliphatic rings. The summed E-state index contributed by atoms with van der Waals surface area (Å²) >= 11 is 0. The standard InChI is InChI=1S/C12H25N3O/c1-9(2)6-15-11(13)14-7-12(15,8-16-5)10(3)4/h9-10H,6-8H2,1-5H3,(H2,13,14). The van der Waals surface area contributed by atoms with Crippen molar-refractivity contribution < 1.29 is 4.74 Å². The number of hydrogen-bond donors (Lipinski definition) is 1. The van der Waals surface area contributed by atoms with Gasteiger partial charge in [-0.25, -0.2) is 0 Å². The number of hydrogen-bond acceptors (Lipinski definition) is 4. The summed E-state index contributed by atoms with van der Waals surface area (Å²) in [7, 11) is 1.74. The van der Waals surface area contributed by atoms with E-state index in [1.165, 1.54) is 0 Å². The van der Waals surface area contributed by atoms with Crippen LogP contribution < -0.4 is 5.73 Å². The first-order valence-electron chi connectivity index (χ1n) is 6.00. The summed E-state index contributed by atoms with van der Waals surface area (Å²) < 4.78 is 5.38. The van der Waals surface area contributed by atoms with Gasteiger partial charge < -0.3 is 15.4 Å². The lowest BCUT2D eigenvalue weighted by molar-refractivity contribution is 0.0293. The molecule has 0 aliphatic carbocycles. The van der Waals surface area contributed by atoms with Crippen LogP contribution in [0.15, 0.2) is 4.99 Å². The Hall–Kier alpha value is -0.770. The van der Waals surface area contributed by atoms with Crippen LogP contribution in [0.2, 0.25) is 0 Å². The number of ether oxygens (including phenoxy) is 1. The van der Waals surface area contributed by atoms with Gasteiger partial charge in [-0.15, -0.1) is 0 Å². The van der Waals surface area contributed by atoms with Crippen molar-refractivity contribution in [3.63, 3.8) is 0 Å². The number of nitrogens with two attached hydrogens (primary N) is 1. The van der Waals surface area contributed by atoms with Gasteiger partial charge >= 0.3 is 0 Å². The van der Waals surface area contributed by atoms with Crippen LogP contribution in [0.4, 0.5) is 0 Å². The van der Waals surface area contributed by atoms with Gasteiger partial charge in [-0.05, 0) is 11.8 Å². The lowest BCUT2D eigenvalue weighted by Crippen LogP contribution is -2.58. The fourth-order valence-electron chi connectivity index (χ4n) is 2.29. The summed E-state index contributed by atoms with van der Waals surface area (Å²) in [6, 6.07) is 0. The minimum Gasteiger partial charge on any atom is -0.382 e. The molecular weight excluding hydrogens is 202 g/mol. The summed E-state index contributed by atoms with van der Waals surface area (Å²) in [6.45, 7) is 11.2. The Morgan fingerprint density at radius 1 is 1.44 bits per heavy atom. The van der Waals surface area contributed by atoms with Crippen LogP contribution in [0.25, 0.3) is 0 Å². The van der Waals surface area contributed by atoms with E-state index in [-0.39, 0.29) is 5.54 Å². The quantitative estimate of drug-likeness (QED) is 0.770. The van der Waals surface area contributed by atoms with Crippen LogP contribution in [-0.4, -0.2) is 43.2 Å². The zero-order chi connectivity index (χ0) is 12.3. The molecule has 0 saturated heterocycles. The maximum Gasteiger partial charge on any atom is 0.191 e. The Morgan fingerprint density at radius 2 is 2.06 bits per heavy atom. The molecule has 1 unspecified atom stereocenters. The molecule has 0 amide bonds. The fourth-order valence-corrected chi connectivity index (χ4v) is 2.29. The molecule has 94 valence electrons. The van der Waals surface area contributed by atoms with E-state index >= 15 is 0 Å². The number of nitrogens with zero attached hydrogens (tertiary/aromatic N) is 2. The van der Waals surface area contributed by atoms with Gasteiger partial charge in [-0.2, -0.15) is 0 Å². The Balaban J connectivity index is 2.91. The molecule has 1 heterocycles. The van der Waals surface area contributed by atoms with E-state index in [1.807, 2.05) is 0 Å². The molecule has 0 spiro atoms. The SMILES string of the molecule is COCC1(C(C)C)CN=C(N)N1CC(C)C. The first kappa shape index (κ1) is 13.3. The highest BCUT2D eigenvalue weighted by Crippen LogP contribution is 2.30. The van der Waals surface area contributed by atoms with Gasteiger partial charge in [0.25, 0.3) is 0 Å². The monoisotopic (exact) mass is 227 g/mol. The molecule has 16 heavy (non-hydrogen) atoms. The second kappa shape index (κ2) is 5.04. The zero-order valence-electron chi connectivity index (χ0n) is 11.2. The van der Waals surface area contributed by atoms with E-state index in [2.05, 4.69) is 37.6 Å². The first-order chi connectivity index (χ1) is 7.44. The van der Waals surface area contributed by atoms with Crippen molar-refractivity contribution >= 4 is 5.96 Å². The Kier molecular flexibility index (Phi) is 4.19. The number of methoxy groups -OCH3 is 1. The summed E-state index contributed by atoms with van der Waals surface area (Å²) in [6.07, 6.45) is 0. The molecule has 0 aromatic heterocycles. The third kappa shape index (κ3) is 2.32. The molecule has 0 aromatic carbocycles. The minimum absolute atomic E-state index is 0.0525. The van der Waals surface area contributed by atoms with E-state index in [9.17, 15) is 0 Å². The molecule has 0 aromatic rings. The molecule has 0 fully saturated rings. The minimum atomic E-state index is -0.0525. The largest absolute Gasteiger partial charge is 0.382 e. The Morgan fingerprint density at radius 3 is 2.50 bits per heavy atom. The van der Waals surface area contributed by atoms with Crippen molar-refractivity contribution in [2.24, 2.45) is 22.6 Å². The molecule has 1 rings (SSSR count). The topological polar surface area (TPSA) is 50.9 Å². The summed E-state index contributed by atoms with van der Waals surface area (Å²) in [5, 5.41) is 0. The lowest BCUT2D eigenvalue weighted by atomic mass is 9.85. The predicted octanol–water partition coefficient (Wildman–Crippen LogP) is 1.31. The van der Waals surface area contributed by atoms with Crippen molar-refractivity contribution in [1.29, 1.82) is 0 Å². The van der Waals surface area contributed by atoms with Gasteiger partial charge in [0.15, 0.2) is 5.96 Å². The number of aliphatic imine (C=N–C) groups is 1. The van der Waals surface area contributed by atoms with Crippen molar-refractivity contribution in [3.8, 4) is 0 Å². The van der Waals surface area contributed by atoms with Crippen LogP contribution in [0.3, 0.4) is 0 Å². The van der Waals surface area contributed by atoms with Crippen molar-refractivity contribution in [1.82, 2.24) is 4.90 Å². The maximum absolute atomic E-state index is 5.99. The van der Waals surface area contributed by atoms with Gasteiger partial charge in [0.1, 0.15) is 0 Å². The summed E-state index contributed by atoms with van der Waals surface area (Å²) in [5.74, 6) is 1.71. The first-order valence-corrected chi connectivity index (χ1v) is 6.00. The van der Waals surface area contributed by atoms with E-state index in [4.69, 9.17) is 10.5 Å². The van der Waals surface area contributed by atoms with E-state index in [0.29, 0.717) is 24.4 Å². The average Bonchev–Trinajstić information content (AvgIpc) is 2.47. The predicted molar refractivity (Wildman–Crippen MR) is 67.5 cm³/mol. The number of rotatable bonds is 5. The molecule has 0 bridgehead atoms. The van der Waals surface area contributed by atoms with Gasteiger partial charge in [0.05, 0.1) is 18.7 Å². The second-order valence-corrected chi connectivity index (χ2v) is 5.37. The second-order valence-electron chi connectivity index (χ2n) is 5.37. The smallest absolute Gasteiger partial charge is 0.191 e. The lowest BCUT2D eigenvalue weighted by Gasteiger charge is -2.42. The van der Waals surface area contributed by atoms with Gasteiger partial charge in [0, 0.05) is 13.7 Å². The summed E-state index contributed by atoms with van der Waals surface area (Å²) in [5.41, 5.74) is 5.94. The molecule has 2 N–H and O–H groups in total. The van der Waals surface area contributed by atoms with E-state index in [0.717, 1.165) is 13.1 Å². The molecule has 0 radical (unpaired) electrons. The highest BCUT2D eigenvalue weighted by atomic mass is 16.5. The van der Waals surface area contributed by atoms with Gasteiger partial charge in [-0.3, -0.25) is 4.99 Å².